The second-order valence-electron chi connectivity index (χ2n) is 4.63. The summed E-state index contributed by atoms with van der Waals surface area (Å²) in [5.74, 6) is -0.776. The third kappa shape index (κ3) is 2.91. The predicted molar refractivity (Wildman–Crippen MR) is 78.0 cm³/mol. The summed E-state index contributed by atoms with van der Waals surface area (Å²) in [6.07, 6.45) is 0. The molecule has 0 aliphatic carbocycles. The van der Waals surface area contributed by atoms with Crippen molar-refractivity contribution in [1.82, 2.24) is 4.90 Å². The van der Waals surface area contributed by atoms with E-state index in [4.69, 9.17) is 4.74 Å². The van der Waals surface area contributed by atoms with E-state index < -0.39 is 11.9 Å². The van der Waals surface area contributed by atoms with Gasteiger partial charge in [-0.3, -0.25) is 19.3 Å². The molecule has 5 heteroatoms. The minimum Gasteiger partial charge on any atom is -0.426 e. The van der Waals surface area contributed by atoms with E-state index in [9.17, 15) is 14.4 Å². The van der Waals surface area contributed by atoms with E-state index in [2.05, 4.69) is 0 Å². The lowest BCUT2D eigenvalue weighted by atomic mass is 10.0. The van der Waals surface area contributed by atoms with Crippen LogP contribution in [0.25, 0.3) is 10.8 Å². The molecule has 0 aromatic heterocycles. The molecule has 2 aromatic rings. The Morgan fingerprint density at radius 3 is 2.14 bits per heavy atom. The maximum Gasteiger partial charge on any atom is 0.308 e. The standard InChI is InChI=1S/C16H15NO4/c1-10(18)17(3)16(20)14-8-9-15(21-11(2)19)13-7-5-4-6-12(13)14/h4-9H,1-3H3. The fraction of sp³-hybridized carbons (Fsp3) is 0.188. The molecule has 5 nitrogen and oxygen atoms in total. The quantitative estimate of drug-likeness (QED) is 0.628. The highest BCUT2D eigenvalue weighted by atomic mass is 16.5. The summed E-state index contributed by atoms with van der Waals surface area (Å²) in [6.45, 7) is 2.64. The number of hydrogen-bond acceptors (Lipinski definition) is 4. The van der Waals surface area contributed by atoms with Crippen LogP contribution in [-0.4, -0.2) is 29.7 Å². The molecule has 2 aromatic carbocycles. The first-order valence-electron chi connectivity index (χ1n) is 6.40. The first-order valence-corrected chi connectivity index (χ1v) is 6.40. The van der Waals surface area contributed by atoms with Crippen LogP contribution in [0, 0.1) is 0 Å². The largest absolute Gasteiger partial charge is 0.426 e. The summed E-state index contributed by atoms with van der Waals surface area (Å²) in [6, 6.07) is 10.2. The zero-order valence-corrected chi connectivity index (χ0v) is 12.0. The van der Waals surface area contributed by atoms with Crippen molar-refractivity contribution in [3.8, 4) is 5.75 Å². The summed E-state index contributed by atoms with van der Waals surface area (Å²) < 4.78 is 5.14. The molecular formula is C16H15NO4. The van der Waals surface area contributed by atoms with Gasteiger partial charge in [0.05, 0.1) is 0 Å². The highest BCUT2D eigenvalue weighted by Gasteiger charge is 2.19. The number of carbonyl (C=O) groups is 3. The highest BCUT2D eigenvalue weighted by Crippen LogP contribution is 2.29. The highest BCUT2D eigenvalue weighted by molar-refractivity contribution is 6.12. The number of hydrogen-bond donors (Lipinski definition) is 0. The number of esters is 1. The van der Waals surface area contributed by atoms with Crippen LogP contribution in [-0.2, 0) is 9.59 Å². The Labute approximate surface area is 122 Å². The Kier molecular flexibility index (Phi) is 4.03. The maximum absolute atomic E-state index is 12.3. The Hall–Kier alpha value is -2.69. The van der Waals surface area contributed by atoms with Crippen LogP contribution in [0.3, 0.4) is 0 Å². The number of nitrogens with zero attached hydrogens (tertiary/aromatic N) is 1. The molecule has 0 N–H and O–H groups in total. The fourth-order valence-electron chi connectivity index (χ4n) is 2.03. The smallest absolute Gasteiger partial charge is 0.308 e. The molecule has 0 aliphatic heterocycles. The number of amides is 2. The molecule has 0 radical (unpaired) electrons. The molecule has 108 valence electrons. The van der Waals surface area contributed by atoms with Crippen LogP contribution < -0.4 is 4.74 Å². The van der Waals surface area contributed by atoms with Crippen LogP contribution in [0.4, 0.5) is 0 Å². The van der Waals surface area contributed by atoms with E-state index in [0.29, 0.717) is 22.1 Å². The van der Waals surface area contributed by atoms with E-state index in [1.807, 2.05) is 0 Å². The van der Waals surface area contributed by atoms with E-state index >= 15 is 0 Å². The number of benzene rings is 2. The van der Waals surface area contributed by atoms with Gasteiger partial charge >= 0.3 is 5.97 Å². The van der Waals surface area contributed by atoms with Gasteiger partial charge in [0, 0.05) is 31.8 Å². The Morgan fingerprint density at radius 1 is 0.952 bits per heavy atom. The van der Waals surface area contributed by atoms with E-state index in [0.717, 1.165) is 4.90 Å². The minimum absolute atomic E-state index is 0.340. The van der Waals surface area contributed by atoms with Gasteiger partial charge in [0.1, 0.15) is 5.75 Å². The van der Waals surface area contributed by atoms with Crippen LogP contribution >= 0.6 is 0 Å². The van der Waals surface area contributed by atoms with Crippen LogP contribution in [0.1, 0.15) is 24.2 Å². The molecule has 0 spiro atoms. The summed E-state index contributed by atoms with van der Waals surface area (Å²) >= 11 is 0. The lowest BCUT2D eigenvalue weighted by Crippen LogP contribution is -2.31. The van der Waals surface area contributed by atoms with E-state index in [-0.39, 0.29) is 5.91 Å². The second-order valence-corrected chi connectivity index (χ2v) is 4.63. The third-order valence-electron chi connectivity index (χ3n) is 3.15. The molecule has 0 atom stereocenters. The molecule has 0 fully saturated rings. The van der Waals surface area contributed by atoms with Gasteiger partial charge in [-0.05, 0) is 17.5 Å². The molecule has 2 amide bonds. The van der Waals surface area contributed by atoms with Gasteiger partial charge in [-0.25, -0.2) is 0 Å². The molecule has 0 unspecified atom stereocenters. The Morgan fingerprint density at radius 2 is 1.57 bits per heavy atom. The molecule has 0 saturated heterocycles. The van der Waals surface area contributed by atoms with Gasteiger partial charge in [-0.2, -0.15) is 0 Å². The van der Waals surface area contributed by atoms with Crippen molar-refractivity contribution in [2.24, 2.45) is 0 Å². The van der Waals surface area contributed by atoms with Gasteiger partial charge in [-0.15, -0.1) is 0 Å². The second kappa shape index (κ2) is 5.75. The van der Waals surface area contributed by atoms with Crippen molar-refractivity contribution in [3.05, 3.63) is 42.0 Å². The topological polar surface area (TPSA) is 63.7 Å². The molecule has 0 bridgehead atoms. The van der Waals surface area contributed by atoms with Gasteiger partial charge < -0.3 is 4.74 Å². The zero-order chi connectivity index (χ0) is 15.6. The van der Waals surface area contributed by atoms with Crippen LogP contribution in [0.2, 0.25) is 0 Å². The molecule has 0 aliphatic rings. The Bertz CT molecular complexity index is 736. The van der Waals surface area contributed by atoms with Gasteiger partial charge in [-0.1, -0.05) is 24.3 Å². The van der Waals surface area contributed by atoms with E-state index in [1.165, 1.54) is 20.9 Å². The van der Waals surface area contributed by atoms with Crippen molar-refractivity contribution >= 4 is 28.6 Å². The van der Waals surface area contributed by atoms with Crippen molar-refractivity contribution < 1.29 is 19.1 Å². The lowest BCUT2D eigenvalue weighted by molar-refractivity contribution is -0.131. The van der Waals surface area contributed by atoms with Gasteiger partial charge in [0.25, 0.3) is 5.91 Å². The average Bonchev–Trinajstić information content (AvgIpc) is 2.45. The molecular weight excluding hydrogens is 270 g/mol. The fourth-order valence-corrected chi connectivity index (χ4v) is 2.03. The summed E-state index contributed by atoms with van der Waals surface area (Å²) in [4.78, 5) is 35.9. The number of rotatable bonds is 2. The first-order chi connectivity index (χ1) is 9.91. The zero-order valence-electron chi connectivity index (χ0n) is 12.0. The number of fused-ring (bicyclic) bond motifs is 1. The maximum atomic E-state index is 12.3. The predicted octanol–water partition coefficient (Wildman–Crippen LogP) is 2.38. The van der Waals surface area contributed by atoms with Crippen molar-refractivity contribution in [3.63, 3.8) is 0 Å². The SMILES string of the molecule is CC(=O)Oc1ccc(C(=O)N(C)C(C)=O)c2ccccc12. The van der Waals surface area contributed by atoms with Crippen molar-refractivity contribution in [2.45, 2.75) is 13.8 Å². The van der Waals surface area contributed by atoms with Crippen molar-refractivity contribution in [2.75, 3.05) is 7.05 Å². The summed E-state index contributed by atoms with van der Waals surface area (Å²) in [7, 11) is 1.43. The van der Waals surface area contributed by atoms with E-state index in [1.54, 1.807) is 36.4 Å². The summed E-state index contributed by atoms with van der Waals surface area (Å²) in [5, 5.41) is 1.28. The average molecular weight is 285 g/mol. The van der Waals surface area contributed by atoms with Crippen LogP contribution in [0.5, 0.6) is 5.75 Å². The van der Waals surface area contributed by atoms with Crippen molar-refractivity contribution in [1.29, 1.82) is 0 Å². The minimum atomic E-state index is -0.430. The van der Waals surface area contributed by atoms with Gasteiger partial charge in [0.15, 0.2) is 0 Å². The molecule has 0 saturated carbocycles. The third-order valence-corrected chi connectivity index (χ3v) is 3.15. The summed E-state index contributed by atoms with van der Waals surface area (Å²) in [5.41, 5.74) is 0.388. The van der Waals surface area contributed by atoms with Gasteiger partial charge in [0.2, 0.25) is 5.91 Å². The molecule has 21 heavy (non-hydrogen) atoms. The van der Waals surface area contributed by atoms with Crippen LogP contribution in [0.15, 0.2) is 36.4 Å². The molecule has 0 heterocycles. The monoisotopic (exact) mass is 285 g/mol. The lowest BCUT2D eigenvalue weighted by Gasteiger charge is -2.15. The Balaban J connectivity index is 2.60. The number of imide groups is 1. The number of ether oxygens (including phenoxy) is 1. The number of carbonyl (C=O) groups excluding carboxylic acids is 3. The molecule has 2 rings (SSSR count). The first kappa shape index (κ1) is 14.7. The normalized spacial score (nSPS) is 10.2.